The van der Waals surface area contributed by atoms with Gasteiger partial charge in [0.1, 0.15) is 24.5 Å². The maximum absolute atomic E-state index is 13.5. The molecule has 0 spiro atoms. The SMILES string of the molecule is C[C@H](COc1cccc2cc(-c3nc4cc5c(nc4n3C)C(C[C@H](N)CF)CNC5=O)n(CC3CC3)c12)n1cnc(F)c1. The van der Waals surface area contributed by atoms with Gasteiger partial charge in [-0.15, -0.1) is 0 Å². The number of rotatable bonds is 10. The van der Waals surface area contributed by atoms with Crippen LogP contribution in [0.1, 0.15) is 54.2 Å². The lowest BCUT2D eigenvalue weighted by Crippen LogP contribution is -2.38. The number of pyridine rings is 1. The van der Waals surface area contributed by atoms with Gasteiger partial charge in [-0.05, 0) is 50.3 Å². The molecule has 1 amide bonds. The number of hydrogen-bond acceptors (Lipinski definition) is 6. The minimum atomic E-state index is -0.629. The number of ether oxygens (including phenoxy) is 1. The highest BCUT2D eigenvalue weighted by molar-refractivity contribution is 5.99. The number of halogens is 2. The maximum atomic E-state index is 13.5. The van der Waals surface area contributed by atoms with Crippen molar-refractivity contribution in [3.63, 3.8) is 0 Å². The van der Waals surface area contributed by atoms with Crippen LogP contribution in [-0.4, -0.2) is 60.4 Å². The first-order valence-corrected chi connectivity index (χ1v) is 14.7. The molecular formula is C31H34F2N8O2. The molecule has 43 heavy (non-hydrogen) atoms. The highest BCUT2D eigenvalue weighted by Crippen LogP contribution is 2.39. The van der Waals surface area contributed by atoms with Gasteiger partial charge in [0.25, 0.3) is 5.91 Å². The van der Waals surface area contributed by atoms with E-state index < -0.39 is 18.7 Å². The number of nitrogens with two attached hydrogens (primary N) is 1. The summed E-state index contributed by atoms with van der Waals surface area (Å²) in [6.45, 7) is 2.86. The quantitative estimate of drug-likeness (QED) is 0.248. The predicted octanol–water partition coefficient (Wildman–Crippen LogP) is 4.49. The highest BCUT2D eigenvalue weighted by atomic mass is 19.1. The van der Waals surface area contributed by atoms with E-state index in [9.17, 15) is 13.6 Å². The monoisotopic (exact) mass is 588 g/mol. The molecule has 5 heterocycles. The molecule has 2 aliphatic rings. The van der Waals surface area contributed by atoms with Gasteiger partial charge in [-0.2, -0.15) is 4.39 Å². The Hall–Kier alpha value is -4.32. The van der Waals surface area contributed by atoms with E-state index in [1.165, 1.54) is 25.4 Å². The smallest absolute Gasteiger partial charge is 0.253 e. The summed E-state index contributed by atoms with van der Waals surface area (Å²) in [5.74, 6) is 1.14. The van der Waals surface area contributed by atoms with E-state index in [0.717, 1.165) is 34.7 Å². The molecule has 0 radical (unpaired) electrons. The average molecular weight is 589 g/mol. The second-order valence-corrected chi connectivity index (χ2v) is 11.9. The molecule has 1 aliphatic heterocycles. The number of imidazole rings is 2. The molecule has 1 aromatic carbocycles. The van der Waals surface area contributed by atoms with E-state index in [0.29, 0.717) is 47.9 Å². The van der Waals surface area contributed by atoms with Gasteiger partial charge in [0.15, 0.2) is 11.5 Å². The van der Waals surface area contributed by atoms with Gasteiger partial charge in [-0.1, -0.05) is 12.1 Å². The fourth-order valence-corrected chi connectivity index (χ4v) is 6.07. The first kappa shape index (κ1) is 27.5. The van der Waals surface area contributed by atoms with Crippen molar-refractivity contribution in [1.82, 2.24) is 34.0 Å². The van der Waals surface area contributed by atoms with E-state index >= 15 is 0 Å². The van der Waals surface area contributed by atoms with Gasteiger partial charge in [-0.25, -0.2) is 19.3 Å². The Morgan fingerprint density at radius 2 is 2.07 bits per heavy atom. The predicted molar refractivity (Wildman–Crippen MR) is 158 cm³/mol. The van der Waals surface area contributed by atoms with E-state index in [2.05, 4.69) is 27.0 Å². The molecule has 1 aliphatic carbocycles. The van der Waals surface area contributed by atoms with Crippen LogP contribution in [0.2, 0.25) is 0 Å². The summed E-state index contributed by atoms with van der Waals surface area (Å²) < 4.78 is 39.0. The van der Waals surface area contributed by atoms with Crippen LogP contribution < -0.4 is 15.8 Å². The van der Waals surface area contributed by atoms with Crippen molar-refractivity contribution in [2.75, 3.05) is 19.8 Å². The van der Waals surface area contributed by atoms with Crippen LogP contribution in [0.5, 0.6) is 5.75 Å². The fraction of sp³-hybridized carbons (Fsp3) is 0.419. The summed E-state index contributed by atoms with van der Waals surface area (Å²) in [6, 6.07) is 9.16. The molecule has 1 unspecified atom stereocenters. The largest absolute Gasteiger partial charge is 0.489 e. The summed E-state index contributed by atoms with van der Waals surface area (Å²) >= 11 is 0. The Morgan fingerprint density at radius 1 is 1.23 bits per heavy atom. The van der Waals surface area contributed by atoms with Crippen molar-refractivity contribution >= 4 is 28.0 Å². The topological polar surface area (TPSA) is 118 Å². The van der Waals surface area contributed by atoms with Crippen molar-refractivity contribution in [1.29, 1.82) is 0 Å². The number of nitrogens with one attached hydrogen (secondary N) is 1. The summed E-state index contributed by atoms with van der Waals surface area (Å²) in [4.78, 5) is 26.4. The zero-order valence-corrected chi connectivity index (χ0v) is 24.1. The van der Waals surface area contributed by atoms with E-state index in [-0.39, 0.29) is 17.9 Å². The third-order valence-electron chi connectivity index (χ3n) is 8.61. The number of para-hydroxylation sites is 1. The Morgan fingerprint density at radius 3 is 2.81 bits per heavy atom. The molecule has 0 bridgehead atoms. The third-order valence-corrected chi connectivity index (χ3v) is 8.61. The van der Waals surface area contributed by atoms with Crippen LogP contribution >= 0.6 is 0 Å². The summed E-state index contributed by atoms with van der Waals surface area (Å²) in [5, 5.41) is 3.92. The molecule has 1 fully saturated rings. The maximum Gasteiger partial charge on any atom is 0.253 e. The molecule has 224 valence electrons. The number of carbonyl (C=O) groups is 1. The van der Waals surface area contributed by atoms with Crippen molar-refractivity contribution in [2.45, 2.75) is 50.7 Å². The number of aromatic nitrogens is 6. The second-order valence-electron chi connectivity index (χ2n) is 11.9. The van der Waals surface area contributed by atoms with Crippen LogP contribution in [0.3, 0.4) is 0 Å². The molecule has 1 saturated carbocycles. The van der Waals surface area contributed by atoms with Gasteiger partial charge in [0.2, 0.25) is 5.95 Å². The number of amides is 1. The first-order chi connectivity index (χ1) is 20.8. The molecule has 10 nitrogen and oxygen atoms in total. The van der Waals surface area contributed by atoms with E-state index in [4.69, 9.17) is 20.4 Å². The zero-order valence-electron chi connectivity index (χ0n) is 24.1. The molecule has 0 saturated heterocycles. The zero-order chi connectivity index (χ0) is 29.8. The third kappa shape index (κ3) is 5.03. The van der Waals surface area contributed by atoms with Crippen LogP contribution in [0.4, 0.5) is 8.78 Å². The lowest BCUT2D eigenvalue weighted by atomic mass is 9.90. The number of carbonyl (C=O) groups excluding carboxylic acids is 1. The van der Waals surface area contributed by atoms with Crippen LogP contribution in [0.25, 0.3) is 33.6 Å². The molecular weight excluding hydrogens is 554 g/mol. The lowest BCUT2D eigenvalue weighted by Gasteiger charge is -2.26. The van der Waals surface area contributed by atoms with Crippen molar-refractivity contribution in [3.8, 4) is 17.3 Å². The van der Waals surface area contributed by atoms with Gasteiger partial charge < -0.3 is 29.5 Å². The van der Waals surface area contributed by atoms with Gasteiger partial charge >= 0.3 is 0 Å². The lowest BCUT2D eigenvalue weighted by molar-refractivity contribution is 0.0937. The Bertz CT molecular complexity index is 1840. The number of fused-ring (bicyclic) bond motifs is 3. The van der Waals surface area contributed by atoms with Crippen LogP contribution in [-0.2, 0) is 13.6 Å². The fourth-order valence-electron chi connectivity index (χ4n) is 6.07. The average Bonchev–Trinajstić information content (AvgIpc) is 3.46. The first-order valence-electron chi connectivity index (χ1n) is 14.7. The molecule has 4 aromatic heterocycles. The highest BCUT2D eigenvalue weighted by Gasteiger charge is 2.31. The van der Waals surface area contributed by atoms with E-state index in [1.54, 1.807) is 10.6 Å². The summed E-state index contributed by atoms with van der Waals surface area (Å²) in [7, 11) is 1.93. The minimum Gasteiger partial charge on any atom is -0.489 e. The normalized spacial score (nSPS) is 18.2. The number of alkyl halides is 1. The molecule has 7 rings (SSSR count). The number of nitrogens with zero attached hydrogens (tertiary/aromatic N) is 6. The Labute approximate surface area is 246 Å². The molecule has 3 atom stereocenters. The van der Waals surface area contributed by atoms with Gasteiger partial charge in [0.05, 0.1) is 41.0 Å². The molecule has 12 heteroatoms. The molecule has 5 aromatic rings. The van der Waals surface area contributed by atoms with Crippen molar-refractivity contribution in [2.24, 2.45) is 18.7 Å². The minimum absolute atomic E-state index is 0.115. The number of hydrogen-bond donors (Lipinski definition) is 2. The second kappa shape index (κ2) is 10.7. The summed E-state index contributed by atoms with van der Waals surface area (Å²) in [6.07, 6.45) is 5.55. The van der Waals surface area contributed by atoms with Crippen molar-refractivity contribution in [3.05, 3.63) is 60.1 Å². The van der Waals surface area contributed by atoms with Crippen LogP contribution in [0.15, 0.2) is 42.9 Å². The van der Waals surface area contributed by atoms with E-state index in [1.807, 2.05) is 30.7 Å². The number of benzene rings is 1. The molecule has 3 N–H and O–H groups in total. The van der Waals surface area contributed by atoms with Gasteiger partial charge in [-0.3, -0.25) is 4.79 Å². The Balaban J connectivity index is 1.30. The van der Waals surface area contributed by atoms with Crippen LogP contribution in [0, 0.1) is 11.9 Å². The Kier molecular flexibility index (Phi) is 6.88. The van der Waals surface area contributed by atoms with Crippen molar-refractivity contribution < 1.29 is 18.3 Å². The summed E-state index contributed by atoms with van der Waals surface area (Å²) in [5.41, 5.74) is 10.2. The van der Waals surface area contributed by atoms with Gasteiger partial charge in [0, 0.05) is 37.5 Å². The number of aryl methyl sites for hydroxylation is 1. The standard InChI is InChI=1S/C31H34F2N8O2/c1-17(40-14-26(33)36-16-40)15-43-25-5-3-4-19-9-24(41(28(19)25)13-18-6-7-18)30-37-23-10-22-27(38-29(23)39(30)2)20(8-21(34)11-32)12-35-31(22)42/h3-5,9-10,14,16-18,20-21H,6-8,11-13,15,34H2,1-2H3,(H,35,42)/t17-,20?,21+/m1/s1.